The molecule has 0 unspecified atom stereocenters. The van der Waals surface area contributed by atoms with Gasteiger partial charge in [-0.15, -0.1) is 0 Å². The van der Waals surface area contributed by atoms with Gasteiger partial charge in [0.1, 0.15) is 0 Å². The molecule has 0 fully saturated rings. The van der Waals surface area contributed by atoms with E-state index < -0.39 is 0 Å². The molecule has 28 heavy (non-hydrogen) atoms. The lowest BCUT2D eigenvalue weighted by Crippen LogP contribution is -2.27. The molecule has 0 radical (unpaired) electrons. The zero-order valence-electron chi connectivity index (χ0n) is 16.8. The van der Waals surface area contributed by atoms with E-state index in [0.717, 1.165) is 34.8 Å². The number of hydrogen-bond donors (Lipinski definition) is 2. The Kier molecular flexibility index (Phi) is 5.44. The van der Waals surface area contributed by atoms with Crippen molar-refractivity contribution in [3.05, 3.63) is 68.9 Å². The first kappa shape index (κ1) is 19.5. The molecule has 0 saturated heterocycles. The topological polar surface area (TPSA) is 92.7 Å². The molecule has 0 spiro atoms. The van der Waals surface area contributed by atoms with E-state index in [1.165, 1.54) is 0 Å². The maximum Gasteiger partial charge on any atom is 0.272 e. The van der Waals surface area contributed by atoms with Crippen molar-refractivity contribution in [2.75, 3.05) is 0 Å². The van der Waals surface area contributed by atoms with E-state index in [9.17, 15) is 9.59 Å². The monoisotopic (exact) mass is 379 g/mol. The van der Waals surface area contributed by atoms with Crippen LogP contribution in [-0.4, -0.2) is 25.9 Å². The quantitative estimate of drug-likeness (QED) is 0.712. The number of rotatable bonds is 5. The standard InChI is InChI=1S/C21H25N5O2/c1-6-26-15(5)19(14(4)25-26)13(3)22-20(27)17-9-7-16(8-10-17)18-11-12(2)23-24-21(18)28/h7-11,13H,6H2,1-5H3,(H,22,27)(H,24,28)/t13-/m1/s1. The summed E-state index contributed by atoms with van der Waals surface area (Å²) in [6, 6.07) is 8.57. The van der Waals surface area contributed by atoms with Crippen LogP contribution in [0.4, 0.5) is 0 Å². The fraction of sp³-hybridized carbons (Fsp3) is 0.333. The van der Waals surface area contributed by atoms with Crippen molar-refractivity contribution in [1.82, 2.24) is 25.3 Å². The summed E-state index contributed by atoms with van der Waals surface area (Å²) in [5.74, 6) is -0.165. The van der Waals surface area contributed by atoms with Gasteiger partial charge in [0.25, 0.3) is 11.5 Å². The SMILES string of the molecule is CCn1nc(C)c([C@@H](C)NC(=O)c2ccc(-c3cc(C)n[nH]c3=O)cc2)c1C. The zero-order valence-corrected chi connectivity index (χ0v) is 16.8. The van der Waals surface area contributed by atoms with E-state index >= 15 is 0 Å². The highest BCUT2D eigenvalue weighted by Crippen LogP contribution is 2.22. The highest BCUT2D eigenvalue weighted by Gasteiger charge is 2.19. The third-order valence-electron chi connectivity index (χ3n) is 4.91. The van der Waals surface area contributed by atoms with Gasteiger partial charge in [0.2, 0.25) is 0 Å². The minimum absolute atomic E-state index is 0.154. The predicted molar refractivity (Wildman–Crippen MR) is 108 cm³/mol. The highest BCUT2D eigenvalue weighted by atomic mass is 16.1. The number of hydrogen-bond acceptors (Lipinski definition) is 4. The van der Waals surface area contributed by atoms with Crippen LogP contribution in [0, 0.1) is 20.8 Å². The molecule has 0 aliphatic rings. The summed E-state index contributed by atoms with van der Waals surface area (Å²) in [6.07, 6.45) is 0. The molecule has 3 rings (SSSR count). The van der Waals surface area contributed by atoms with Crippen LogP contribution in [0.2, 0.25) is 0 Å². The molecule has 2 heterocycles. The van der Waals surface area contributed by atoms with Crippen molar-refractivity contribution >= 4 is 5.91 Å². The Morgan fingerprint density at radius 3 is 2.50 bits per heavy atom. The van der Waals surface area contributed by atoms with Gasteiger partial charge in [0.15, 0.2) is 0 Å². The van der Waals surface area contributed by atoms with Gasteiger partial charge < -0.3 is 5.32 Å². The van der Waals surface area contributed by atoms with Gasteiger partial charge in [0, 0.05) is 23.4 Å². The molecule has 3 aromatic rings. The number of nitrogens with one attached hydrogen (secondary N) is 2. The largest absolute Gasteiger partial charge is 0.345 e. The molecule has 1 aromatic carbocycles. The molecule has 146 valence electrons. The summed E-state index contributed by atoms with van der Waals surface area (Å²) >= 11 is 0. The predicted octanol–water partition coefficient (Wildman–Crippen LogP) is 3.07. The second-order valence-corrected chi connectivity index (χ2v) is 6.92. The van der Waals surface area contributed by atoms with E-state index in [-0.39, 0.29) is 17.5 Å². The van der Waals surface area contributed by atoms with Crippen molar-refractivity contribution in [3.8, 4) is 11.1 Å². The third kappa shape index (κ3) is 3.74. The van der Waals surface area contributed by atoms with Crippen LogP contribution in [-0.2, 0) is 6.54 Å². The van der Waals surface area contributed by atoms with Crippen LogP contribution >= 0.6 is 0 Å². The van der Waals surface area contributed by atoms with Crippen LogP contribution in [0.5, 0.6) is 0 Å². The number of nitrogens with zero attached hydrogens (tertiary/aromatic N) is 3. The maximum absolute atomic E-state index is 12.7. The first-order chi connectivity index (χ1) is 13.3. The van der Waals surface area contributed by atoms with Gasteiger partial charge in [-0.05, 0) is 58.4 Å². The smallest absolute Gasteiger partial charge is 0.272 e. The molecule has 7 heteroatoms. The molecular weight excluding hydrogens is 354 g/mol. The first-order valence-corrected chi connectivity index (χ1v) is 9.33. The number of carbonyl (C=O) groups excluding carboxylic acids is 1. The Labute approximate surface area is 163 Å². The Morgan fingerprint density at radius 2 is 1.89 bits per heavy atom. The van der Waals surface area contributed by atoms with E-state index in [4.69, 9.17) is 0 Å². The summed E-state index contributed by atoms with van der Waals surface area (Å²) in [4.78, 5) is 24.7. The number of aromatic nitrogens is 4. The van der Waals surface area contributed by atoms with Crippen molar-refractivity contribution in [1.29, 1.82) is 0 Å². The van der Waals surface area contributed by atoms with Crippen LogP contribution in [0.3, 0.4) is 0 Å². The minimum atomic E-state index is -0.254. The van der Waals surface area contributed by atoms with Crippen molar-refractivity contribution in [2.24, 2.45) is 0 Å². The molecule has 1 atom stereocenters. The number of carbonyl (C=O) groups is 1. The molecule has 0 saturated carbocycles. The summed E-state index contributed by atoms with van der Waals surface area (Å²) in [5, 5.41) is 13.9. The van der Waals surface area contributed by atoms with Gasteiger partial charge in [-0.2, -0.15) is 10.2 Å². The molecule has 1 amide bonds. The Hall–Kier alpha value is -3.22. The number of aromatic amines is 1. The lowest BCUT2D eigenvalue weighted by Gasteiger charge is -2.15. The Morgan fingerprint density at radius 1 is 1.21 bits per heavy atom. The molecule has 0 aliphatic carbocycles. The molecule has 2 N–H and O–H groups in total. The van der Waals surface area contributed by atoms with Gasteiger partial charge in [-0.3, -0.25) is 14.3 Å². The van der Waals surface area contributed by atoms with Crippen molar-refractivity contribution < 1.29 is 4.79 Å². The lowest BCUT2D eigenvalue weighted by molar-refractivity contribution is 0.0940. The van der Waals surface area contributed by atoms with Crippen LogP contribution in [0.1, 0.15) is 52.9 Å². The van der Waals surface area contributed by atoms with Crippen LogP contribution < -0.4 is 10.9 Å². The fourth-order valence-electron chi connectivity index (χ4n) is 3.52. The van der Waals surface area contributed by atoms with E-state index in [1.807, 2.05) is 39.3 Å². The van der Waals surface area contributed by atoms with Gasteiger partial charge in [-0.1, -0.05) is 12.1 Å². The molecule has 0 aliphatic heterocycles. The highest BCUT2D eigenvalue weighted by molar-refractivity contribution is 5.95. The minimum Gasteiger partial charge on any atom is -0.345 e. The normalized spacial score (nSPS) is 12.0. The summed E-state index contributed by atoms with van der Waals surface area (Å²) in [6.45, 7) is 10.6. The van der Waals surface area contributed by atoms with Gasteiger partial charge >= 0.3 is 0 Å². The fourth-order valence-corrected chi connectivity index (χ4v) is 3.52. The molecule has 7 nitrogen and oxygen atoms in total. The zero-order chi connectivity index (χ0) is 20.4. The summed E-state index contributed by atoms with van der Waals surface area (Å²) in [5.41, 5.74) is 5.32. The van der Waals surface area contributed by atoms with Crippen molar-refractivity contribution in [3.63, 3.8) is 0 Å². The van der Waals surface area contributed by atoms with E-state index in [1.54, 1.807) is 30.3 Å². The summed E-state index contributed by atoms with van der Waals surface area (Å²) < 4.78 is 1.94. The van der Waals surface area contributed by atoms with Gasteiger partial charge in [-0.25, -0.2) is 5.10 Å². The molecule has 2 aromatic heterocycles. The molecule has 0 bridgehead atoms. The van der Waals surface area contributed by atoms with Gasteiger partial charge in [0.05, 0.1) is 23.0 Å². The number of amides is 1. The second-order valence-electron chi connectivity index (χ2n) is 6.92. The van der Waals surface area contributed by atoms with Crippen molar-refractivity contribution in [2.45, 2.75) is 47.2 Å². The first-order valence-electron chi connectivity index (χ1n) is 9.33. The number of H-pyrrole nitrogens is 1. The lowest BCUT2D eigenvalue weighted by atomic mass is 10.0. The Balaban J connectivity index is 1.79. The third-order valence-corrected chi connectivity index (χ3v) is 4.91. The number of benzene rings is 1. The second kappa shape index (κ2) is 7.80. The molecular formula is C21H25N5O2. The average Bonchev–Trinajstić information content (AvgIpc) is 2.97. The Bertz CT molecular complexity index is 1060. The van der Waals surface area contributed by atoms with E-state index in [2.05, 4.69) is 20.6 Å². The van der Waals surface area contributed by atoms with E-state index in [0.29, 0.717) is 11.1 Å². The summed E-state index contributed by atoms with van der Waals surface area (Å²) in [7, 11) is 0. The average molecular weight is 379 g/mol. The number of aryl methyl sites for hydroxylation is 3. The van der Waals surface area contributed by atoms with Crippen LogP contribution in [0.25, 0.3) is 11.1 Å². The van der Waals surface area contributed by atoms with Crippen LogP contribution in [0.15, 0.2) is 35.1 Å². The maximum atomic E-state index is 12.7.